The Morgan fingerprint density at radius 2 is 1.84 bits per heavy atom. The summed E-state index contributed by atoms with van der Waals surface area (Å²) in [5.41, 5.74) is -2.11. The van der Waals surface area contributed by atoms with E-state index in [4.69, 9.17) is 11.6 Å². The van der Waals surface area contributed by atoms with E-state index in [2.05, 4.69) is 15.3 Å². The first-order chi connectivity index (χ1) is 8.70. The highest BCUT2D eigenvalue weighted by molar-refractivity contribution is 6.28. The Morgan fingerprint density at radius 1 is 1.26 bits per heavy atom. The Bertz CT molecular complexity index is 436. The van der Waals surface area contributed by atoms with Crippen molar-refractivity contribution in [3.05, 3.63) is 17.0 Å². The zero-order valence-electron chi connectivity index (χ0n) is 10.6. The number of aromatic nitrogens is 2. The molecule has 108 valence electrons. The number of aliphatic hydroxyl groups is 1. The number of nitrogens with zero attached hydrogens (tertiary/aromatic N) is 2. The topological polar surface area (TPSA) is 58.0 Å². The normalized spacial score (nSPS) is 12.6. The van der Waals surface area contributed by atoms with Gasteiger partial charge in [0.15, 0.2) is 5.69 Å². The van der Waals surface area contributed by atoms with E-state index in [1.54, 1.807) is 13.8 Å². The second-order valence-corrected chi connectivity index (χ2v) is 4.53. The van der Waals surface area contributed by atoms with Crippen molar-refractivity contribution in [1.29, 1.82) is 0 Å². The molecule has 1 rings (SSSR count). The van der Waals surface area contributed by atoms with Crippen molar-refractivity contribution < 1.29 is 18.3 Å². The van der Waals surface area contributed by atoms with Gasteiger partial charge in [0.1, 0.15) is 5.82 Å². The lowest BCUT2D eigenvalue weighted by atomic mass is 9.98. The fourth-order valence-corrected chi connectivity index (χ4v) is 1.59. The molecule has 0 saturated heterocycles. The van der Waals surface area contributed by atoms with Gasteiger partial charge < -0.3 is 10.4 Å². The Kier molecular flexibility index (Phi) is 4.98. The van der Waals surface area contributed by atoms with Crippen molar-refractivity contribution in [3.8, 4) is 0 Å². The maximum Gasteiger partial charge on any atom is 0.433 e. The van der Waals surface area contributed by atoms with E-state index < -0.39 is 22.8 Å². The molecular weight excluding hydrogens is 283 g/mol. The lowest BCUT2D eigenvalue weighted by Crippen LogP contribution is -2.35. The molecule has 0 aliphatic rings. The van der Waals surface area contributed by atoms with E-state index in [-0.39, 0.29) is 12.4 Å². The molecule has 0 amide bonds. The second kappa shape index (κ2) is 5.92. The molecule has 0 bridgehead atoms. The summed E-state index contributed by atoms with van der Waals surface area (Å²) >= 11 is 5.45. The lowest BCUT2D eigenvalue weighted by Gasteiger charge is -2.25. The van der Waals surface area contributed by atoms with E-state index in [1.807, 2.05) is 0 Å². The van der Waals surface area contributed by atoms with Crippen LogP contribution < -0.4 is 5.32 Å². The van der Waals surface area contributed by atoms with Crippen LogP contribution in [0.3, 0.4) is 0 Å². The molecule has 0 spiro atoms. The van der Waals surface area contributed by atoms with Crippen molar-refractivity contribution in [2.75, 3.05) is 11.9 Å². The Labute approximate surface area is 114 Å². The van der Waals surface area contributed by atoms with Gasteiger partial charge in [-0.15, -0.1) is 0 Å². The molecule has 19 heavy (non-hydrogen) atoms. The summed E-state index contributed by atoms with van der Waals surface area (Å²) in [4.78, 5) is 6.77. The number of halogens is 4. The number of anilines is 1. The first kappa shape index (κ1) is 16.0. The maximum atomic E-state index is 12.5. The van der Waals surface area contributed by atoms with E-state index >= 15 is 0 Å². The minimum absolute atomic E-state index is 0.0624. The average Bonchev–Trinajstić information content (AvgIpc) is 2.34. The second-order valence-electron chi connectivity index (χ2n) is 4.19. The Hall–Kier alpha value is -1.08. The molecule has 0 saturated carbocycles. The van der Waals surface area contributed by atoms with Crippen molar-refractivity contribution in [2.24, 2.45) is 0 Å². The summed E-state index contributed by atoms with van der Waals surface area (Å²) < 4.78 is 37.6. The lowest BCUT2D eigenvalue weighted by molar-refractivity contribution is -0.141. The molecule has 0 aliphatic carbocycles. The molecule has 0 atom stereocenters. The number of hydrogen-bond donors (Lipinski definition) is 2. The standard InChI is InChI=1S/C11H15ClF3N3O/c1-3-10(19,4-2)6-16-8-5-7(11(13,14)15)17-9(12)18-8/h5,19H,3-4,6H2,1-2H3,(H,16,17,18). The predicted molar refractivity (Wildman–Crippen MR) is 66.1 cm³/mol. The van der Waals surface area contributed by atoms with Crippen LogP contribution in [0, 0.1) is 0 Å². The molecule has 1 aromatic heterocycles. The van der Waals surface area contributed by atoms with Crippen LogP contribution in [0.15, 0.2) is 6.07 Å². The molecule has 0 unspecified atom stereocenters. The molecule has 0 fully saturated rings. The monoisotopic (exact) mass is 297 g/mol. The Balaban J connectivity index is 2.88. The highest BCUT2D eigenvalue weighted by atomic mass is 35.5. The summed E-state index contributed by atoms with van der Waals surface area (Å²) in [5.74, 6) is -0.0624. The van der Waals surface area contributed by atoms with Gasteiger partial charge in [0.25, 0.3) is 0 Å². The molecule has 0 aliphatic heterocycles. The van der Waals surface area contributed by atoms with Crippen LogP contribution in [0.25, 0.3) is 0 Å². The minimum atomic E-state index is -4.59. The molecular formula is C11H15ClF3N3O. The number of nitrogens with one attached hydrogen (secondary N) is 1. The number of rotatable bonds is 5. The summed E-state index contributed by atoms with van der Waals surface area (Å²) in [6.45, 7) is 3.67. The molecule has 4 nitrogen and oxygen atoms in total. The quantitative estimate of drug-likeness (QED) is 0.820. The first-order valence-electron chi connectivity index (χ1n) is 5.78. The fraction of sp³-hybridized carbons (Fsp3) is 0.636. The highest BCUT2D eigenvalue weighted by Gasteiger charge is 2.33. The van der Waals surface area contributed by atoms with Crippen molar-refractivity contribution in [3.63, 3.8) is 0 Å². The zero-order valence-corrected chi connectivity index (χ0v) is 11.3. The minimum Gasteiger partial charge on any atom is -0.388 e. The number of hydrogen-bond acceptors (Lipinski definition) is 4. The van der Waals surface area contributed by atoms with Crippen molar-refractivity contribution in [1.82, 2.24) is 9.97 Å². The molecule has 2 N–H and O–H groups in total. The Morgan fingerprint density at radius 3 is 2.32 bits per heavy atom. The van der Waals surface area contributed by atoms with Crippen LogP contribution in [0.5, 0.6) is 0 Å². The van der Waals surface area contributed by atoms with Crippen LogP contribution in [0.1, 0.15) is 32.4 Å². The van der Waals surface area contributed by atoms with Gasteiger partial charge in [0, 0.05) is 12.6 Å². The third kappa shape index (κ3) is 4.50. The first-order valence-corrected chi connectivity index (χ1v) is 6.16. The van der Waals surface area contributed by atoms with Gasteiger partial charge in [-0.1, -0.05) is 13.8 Å². The largest absolute Gasteiger partial charge is 0.433 e. The van der Waals surface area contributed by atoms with Crippen LogP contribution in [-0.4, -0.2) is 27.2 Å². The van der Waals surface area contributed by atoms with Gasteiger partial charge in [-0.3, -0.25) is 0 Å². The summed E-state index contributed by atoms with van der Waals surface area (Å²) in [6.07, 6.45) is -3.64. The third-order valence-corrected chi connectivity index (χ3v) is 3.07. The van der Waals surface area contributed by atoms with E-state index in [0.717, 1.165) is 6.07 Å². The highest BCUT2D eigenvalue weighted by Crippen LogP contribution is 2.29. The van der Waals surface area contributed by atoms with Crippen LogP contribution in [-0.2, 0) is 6.18 Å². The smallest absolute Gasteiger partial charge is 0.388 e. The molecule has 0 aromatic carbocycles. The van der Waals surface area contributed by atoms with Gasteiger partial charge in [-0.2, -0.15) is 13.2 Å². The van der Waals surface area contributed by atoms with Crippen molar-refractivity contribution >= 4 is 17.4 Å². The van der Waals surface area contributed by atoms with Crippen LogP contribution >= 0.6 is 11.6 Å². The van der Waals surface area contributed by atoms with Gasteiger partial charge in [-0.25, -0.2) is 9.97 Å². The van der Waals surface area contributed by atoms with Gasteiger partial charge >= 0.3 is 6.18 Å². The molecule has 0 radical (unpaired) electrons. The van der Waals surface area contributed by atoms with Gasteiger partial charge in [-0.05, 0) is 24.4 Å². The maximum absolute atomic E-state index is 12.5. The average molecular weight is 298 g/mol. The third-order valence-electron chi connectivity index (χ3n) is 2.90. The van der Waals surface area contributed by atoms with Crippen molar-refractivity contribution in [2.45, 2.75) is 38.5 Å². The van der Waals surface area contributed by atoms with E-state index in [0.29, 0.717) is 12.8 Å². The van der Waals surface area contributed by atoms with E-state index in [1.165, 1.54) is 0 Å². The van der Waals surface area contributed by atoms with Crippen LogP contribution in [0.2, 0.25) is 5.28 Å². The fourth-order valence-electron chi connectivity index (χ4n) is 1.41. The molecule has 1 aromatic rings. The summed E-state index contributed by atoms with van der Waals surface area (Å²) in [5, 5.41) is 12.2. The van der Waals surface area contributed by atoms with Crippen LogP contribution in [0.4, 0.5) is 19.0 Å². The van der Waals surface area contributed by atoms with Gasteiger partial charge in [0.2, 0.25) is 5.28 Å². The number of alkyl halides is 3. The predicted octanol–water partition coefficient (Wildman–Crippen LogP) is 3.11. The van der Waals surface area contributed by atoms with E-state index in [9.17, 15) is 18.3 Å². The zero-order chi connectivity index (χ0) is 14.7. The summed E-state index contributed by atoms with van der Waals surface area (Å²) in [6, 6.07) is 0.762. The summed E-state index contributed by atoms with van der Waals surface area (Å²) in [7, 11) is 0. The molecule has 1 heterocycles. The molecule has 8 heteroatoms. The van der Waals surface area contributed by atoms with Gasteiger partial charge in [0.05, 0.1) is 5.60 Å². The SMILES string of the molecule is CCC(O)(CC)CNc1cc(C(F)(F)F)nc(Cl)n1.